The van der Waals surface area contributed by atoms with Crippen molar-refractivity contribution in [2.45, 2.75) is 51.2 Å². The lowest BCUT2D eigenvalue weighted by Crippen LogP contribution is -2.48. The Bertz CT molecular complexity index is 1140. The molecule has 1 aliphatic heterocycles. The van der Waals surface area contributed by atoms with Gasteiger partial charge in [-0.15, -0.1) is 0 Å². The van der Waals surface area contributed by atoms with Gasteiger partial charge in [0, 0.05) is 44.9 Å². The molecule has 3 atom stereocenters. The van der Waals surface area contributed by atoms with Crippen molar-refractivity contribution in [1.29, 1.82) is 0 Å². The van der Waals surface area contributed by atoms with E-state index in [1.54, 1.807) is 25.7 Å². The van der Waals surface area contributed by atoms with E-state index in [2.05, 4.69) is 5.16 Å². The third kappa shape index (κ3) is 5.62. The first-order valence-electron chi connectivity index (χ1n) is 11.6. The number of aliphatic hydroxyl groups is 1. The number of ether oxygens (including phenoxy) is 1. The van der Waals surface area contributed by atoms with Crippen LogP contribution >= 0.6 is 0 Å². The number of aromatic nitrogens is 1. The highest BCUT2D eigenvalue weighted by Gasteiger charge is 2.35. The van der Waals surface area contributed by atoms with E-state index in [0.29, 0.717) is 23.6 Å². The Kier molecular flexibility index (Phi) is 8.13. The van der Waals surface area contributed by atoms with Gasteiger partial charge in [-0.1, -0.05) is 12.1 Å². The van der Waals surface area contributed by atoms with Crippen molar-refractivity contribution in [3.05, 3.63) is 35.2 Å². The number of likely N-dealkylation sites (N-methyl/N-ethyl adjacent to an activating group) is 1. The lowest BCUT2D eigenvalue weighted by atomic mass is 10.0. The maximum Gasteiger partial charge on any atom is 0.248 e. The van der Waals surface area contributed by atoms with Gasteiger partial charge >= 0.3 is 0 Å². The van der Waals surface area contributed by atoms with Crippen LogP contribution in [0.25, 0.3) is 0 Å². The summed E-state index contributed by atoms with van der Waals surface area (Å²) < 4.78 is 39.4. The van der Waals surface area contributed by atoms with E-state index in [1.165, 1.54) is 11.4 Å². The van der Waals surface area contributed by atoms with Crippen molar-refractivity contribution in [2.24, 2.45) is 5.92 Å². The summed E-state index contributed by atoms with van der Waals surface area (Å²) in [7, 11) is 1.45. The molecule has 0 fully saturated rings. The van der Waals surface area contributed by atoms with Crippen molar-refractivity contribution in [3.8, 4) is 5.75 Å². The highest BCUT2D eigenvalue weighted by Crippen LogP contribution is 2.31. The van der Waals surface area contributed by atoms with Gasteiger partial charge in [0.2, 0.25) is 15.9 Å². The zero-order valence-corrected chi connectivity index (χ0v) is 22.3. The number of amides is 1. The predicted molar refractivity (Wildman–Crippen MR) is 132 cm³/mol. The first-order chi connectivity index (χ1) is 16.4. The Balaban J connectivity index is 2.00. The molecule has 0 saturated heterocycles. The van der Waals surface area contributed by atoms with Crippen LogP contribution in [-0.4, -0.2) is 86.8 Å². The molecule has 194 valence electrons. The maximum atomic E-state index is 13.3. The highest BCUT2D eigenvalue weighted by molar-refractivity contribution is 7.89. The lowest BCUT2D eigenvalue weighted by Gasteiger charge is -2.33. The molecule has 3 rings (SSSR count). The molecule has 2 heterocycles. The summed E-state index contributed by atoms with van der Waals surface area (Å²) in [6.07, 6.45) is -0.438. The Morgan fingerprint density at radius 3 is 2.51 bits per heavy atom. The second-order valence-electron chi connectivity index (χ2n) is 9.51. The summed E-state index contributed by atoms with van der Waals surface area (Å²) in [5.74, 6) is 0.432. The zero-order valence-electron chi connectivity index (χ0n) is 21.5. The topological polar surface area (TPSA) is 116 Å². The lowest BCUT2D eigenvalue weighted by molar-refractivity contribution is -0.134. The van der Waals surface area contributed by atoms with Crippen molar-refractivity contribution in [1.82, 2.24) is 14.4 Å². The van der Waals surface area contributed by atoms with E-state index in [1.807, 2.05) is 44.1 Å². The average Bonchev–Trinajstić information content (AvgIpc) is 3.16. The fraction of sp³-hybridized carbons (Fsp3) is 0.583. The maximum absolute atomic E-state index is 13.3. The summed E-state index contributed by atoms with van der Waals surface area (Å²) in [5, 5.41) is 13.6. The minimum atomic E-state index is -3.88. The summed E-state index contributed by atoms with van der Waals surface area (Å²) in [4.78, 5) is 16.9. The van der Waals surface area contributed by atoms with Gasteiger partial charge in [0.05, 0.1) is 25.6 Å². The normalized spacial score (nSPS) is 20.0. The second-order valence-corrected chi connectivity index (χ2v) is 11.5. The van der Waals surface area contributed by atoms with Crippen LogP contribution in [0.4, 0.5) is 5.69 Å². The molecule has 0 aliphatic carbocycles. The largest absolute Gasteiger partial charge is 0.488 e. The number of hydrogen-bond donors (Lipinski definition) is 1. The molecular formula is C24H36N4O6S. The van der Waals surface area contributed by atoms with Crippen molar-refractivity contribution in [2.75, 3.05) is 45.7 Å². The molecule has 1 N–H and O–H groups in total. The molecule has 1 aliphatic rings. The van der Waals surface area contributed by atoms with Crippen LogP contribution in [0.1, 0.15) is 30.9 Å². The van der Waals surface area contributed by atoms with Crippen LogP contribution in [0.5, 0.6) is 5.75 Å². The number of carbonyl (C=O) groups excluding carboxylic acids is 1. The number of carbonyl (C=O) groups is 1. The molecule has 2 aromatic rings. The predicted octanol–water partition coefficient (Wildman–Crippen LogP) is 1.83. The fourth-order valence-corrected chi connectivity index (χ4v) is 5.73. The number of aryl methyl sites for hydroxylation is 2. The Labute approximate surface area is 207 Å². The van der Waals surface area contributed by atoms with Crippen LogP contribution < -0.4 is 9.64 Å². The second kappa shape index (κ2) is 10.5. The number of sulfonamides is 1. The quantitative estimate of drug-likeness (QED) is 0.602. The number of rotatable bonds is 7. The third-order valence-corrected chi connectivity index (χ3v) is 8.56. The smallest absolute Gasteiger partial charge is 0.248 e. The molecule has 1 aromatic carbocycles. The molecule has 35 heavy (non-hydrogen) atoms. The number of nitrogens with zero attached hydrogens (tertiary/aromatic N) is 4. The monoisotopic (exact) mass is 508 g/mol. The molecular weight excluding hydrogens is 472 g/mol. The summed E-state index contributed by atoms with van der Waals surface area (Å²) in [5.41, 5.74) is 1.93. The minimum Gasteiger partial charge on any atom is -0.488 e. The van der Waals surface area contributed by atoms with Crippen LogP contribution in [0.2, 0.25) is 0 Å². The molecule has 0 spiro atoms. The molecule has 1 amide bonds. The Hall–Kier alpha value is -2.63. The molecule has 0 bridgehead atoms. The van der Waals surface area contributed by atoms with Crippen LogP contribution in [0.3, 0.4) is 0 Å². The zero-order chi connectivity index (χ0) is 26.1. The minimum absolute atomic E-state index is 0.0532. The van der Waals surface area contributed by atoms with Crippen LogP contribution in [0.15, 0.2) is 27.6 Å². The molecule has 1 aromatic heterocycles. The molecule has 0 unspecified atom stereocenters. The molecule has 0 radical (unpaired) electrons. The van der Waals surface area contributed by atoms with Crippen molar-refractivity contribution >= 4 is 21.6 Å². The van der Waals surface area contributed by atoms with Gasteiger partial charge < -0.3 is 24.2 Å². The number of hydrogen-bond acceptors (Lipinski definition) is 8. The van der Waals surface area contributed by atoms with Crippen molar-refractivity contribution < 1.29 is 27.6 Å². The van der Waals surface area contributed by atoms with E-state index < -0.39 is 16.1 Å². The third-order valence-electron chi connectivity index (χ3n) is 6.49. The van der Waals surface area contributed by atoms with Gasteiger partial charge in [0.1, 0.15) is 22.4 Å². The Morgan fingerprint density at radius 2 is 1.94 bits per heavy atom. The summed E-state index contributed by atoms with van der Waals surface area (Å²) in [6, 6.07) is 5.26. The number of aliphatic hydroxyl groups excluding tert-OH is 1. The van der Waals surface area contributed by atoms with Gasteiger partial charge in [-0.3, -0.25) is 4.79 Å². The molecule has 11 heteroatoms. The fourth-order valence-electron chi connectivity index (χ4n) is 4.26. The number of fused-ring (bicyclic) bond motifs is 1. The Morgan fingerprint density at radius 1 is 1.26 bits per heavy atom. The van der Waals surface area contributed by atoms with Gasteiger partial charge in [0.25, 0.3) is 0 Å². The van der Waals surface area contributed by atoms with Crippen LogP contribution in [0, 0.1) is 19.8 Å². The van der Waals surface area contributed by atoms with E-state index in [9.17, 15) is 18.3 Å². The van der Waals surface area contributed by atoms with Gasteiger partial charge in [0.15, 0.2) is 5.76 Å². The van der Waals surface area contributed by atoms with E-state index in [0.717, 1.165) is 5.69 Å². The van der Waals surface area contributed by atoms with E-state index in [-0.39, 0.29) is 48.1 Å². The van der Waals surface area contributed by atoms with Gasteiger partial charge in [-0.05, 0) is 39.0 Å². The molecule has 10 nitrogen and oxygen atoms in total. The van der Waals surface area contributed by atoms with E-state index in [4.69, 9.17) is 9.26 Å². The summed E-state index contributed by atoms with van der Waals surface area (Å²) in [6.45, 7) is 7.08. The number of anilines is 1. The standard InChI is InChI=1S/C24H36N4O6S/c1-15-12-28(16(2)14-29)23(30)11-19-10-20(26(5)6)8-9-21(19)33-22(15)13-27(7)35(31,32)24-17(3)25-34-18(24)4/h8-10,15-16,22,29H,11-14H2,1-7H3/t15-,16+,22+/m1/s1. The SMILES string of the molecule is Cc1noc(C)c1S(=O)(=O)N(C)C[C@@H]1Oc2ccc(N(C)C)cc2CC(=O)N([C@@H](C)CO)C[C@H]1C. The average molecular weight is 509 g/mol. The first-order valence-corrected chi connectivity index (χ1v) is 13.1. The van der Waals surface area contributed by atoms with Gasteiger partial charge in [-0.25, -0.2) is 8.42 Å². The number of benzene rings is 1. The van der Waals surface area contributed by atoms with E-state index >= 15 is 0 Å². The first kappa shape index (κ1) is 27.0. The molecule has 0 saturated carbocycles. The summed E-state index contributed by atoms with van der Waals surface area (Å²) >= 11 is 0. The van der Waals surface area contributed by atoms with Crippen molar-refractivity contribution in [3.63, 3.8) is 0 Å². The highest BCUT2D eigenvalue weighted by atomic mass is 32.2. The van der Waals surface area contributed by atoms with Crippen LogP contribution in [-0.2, 0) is 21.2 Å². The van der Waals surface area contributed by atoms with Gasteiger partial charge in [-0.2, -0.15) is 4.31 Å².